The molecule has 0 fully saturated rings. The summed E-state index contributed by atoms with van der Waals surface area (Å²) in [6.45, 7) is 2.43. The van der Waals surface area contributed by atoms with Gasteiger partial charge in [0.15, 0.2) is 0 Å². The molecule has 1 heterocycles. The summed E-state index contributed by atoms with van der Waals surface area (Å²) in [4.78, 5) is 12.5. The average Bonchev–Trinajstić information content (AvgIpc) is 2.94. The Kier molecular flexibility index (Phi) is 10.7. The maximum absolute atomic E-state index is 13.1. The van der Waals surface area contributed by atoms with Gasteiger partial charge in [-0.1, -0.05) is 24.8 Å². The zero-order chi connectivity index (χ0) is 29.3. The molecule has 1 aliphatic heterocycles. The van der Waals surface area contributed by atoms with Crippen LogP contribution >= 0.6 is 0 Å². The van der Waals surface area contributed by atoms with E-state index in [-0.39, 0.29) is 43.4 Å². The third kappa shape index (κ3) is 8.07. The lowest BCUT2D eigenvalue weighted by Gasteiger charge is -2.30. The molecule has 0 saturated heterocycles. The molecule has 0 saturated carbocycles. The summed E-state index contributed by atoms with van der Waals surface area (Å²) >= 11 is 0. The average molecular weight is 586 g/mol. The number of benzene rings is 2. The number of carbonyl (C=O) groups excluding carboxylic acids is 1. The van der Waals surface area contributed by atoms with Gasteiger partial charge in [0.05, 0.1) is 30.8 Å². The zero-order valence-corrected chi connectivity index (χ0v) is 22.5. The Morgan fingerprint density at radius 1 is 1.15 bits per heavy atom. The van der Waals surface area contributed by atoms with E-state index in [4.69, 9.17) is 18.9 Å². The smallest absolute Gasteiger partial charge is 0.416 e. The Bertz CT molecular complexity index is 1280. The molecule has 0 aliphatic carbocycles. The predicted molar refractivity (Wildman–Crippen MR) is 138 cm³/mol. The highest BCUT2D eigenvalue weighted by Crippen LogP contribution is 2.35. The fourth-order valence-electron chi connectivity index (χ4n) is 3.91. The van der Waals surface area contributed by atoms with Gasteiger partial charge in [0.2, 0.25) is 22.1 Å². The molecule has 0 bridgehead atoms. The van der Waals surface area contributed by atoms with Crippen molar-refractivity contribution in [1.29, 1.82) is 0 Å². The Balaban J connectivity index is 1.74. The molecule has 0 aromatic heterocycles. The van der Waals surface area contributed by atoms with Crippen LogP contribution in [0.15, 0.2) is 77.9 Å². The second kappa shape index (κ2) is 13.8. The first-order valence-electron chi connectivity index (χ1n) is 12.2. The zero-order valence-electron chi connectivity index (χ0n) is 21.7. The van der Waals surface area contributed by atoms with Crippen molar-refractivity contribution < 1.29 is 50.4 Å². The monoisotopic (exact) mass is 585 g/mol. The van der Waals surface area contributed by atoms with Crippen molar-refractivity contribution in [1.82, 2.24) is 4.31 Å². The van der Waals surface area contributed by atoms with Crippen molar-refractivity contribution in [2.24, 2.45) is 0 Å². The molecule has 2 atom stereocenters. The second-order valence-corrected chi connectivity index (χ2v) is 10.5. The Hall–Kier alpha value is -3.39. The molecule has 218 valence electrons. The van der Waals surface area contributed by atoms with Crippen LogP contribution in [0.1, 0.15) is 23.5 Å². The van der Waals surface area contributed by atoms with E-state index in [9.17, 15) is 31.5 Å². The number of hydrogen-bond acceptors (Lipinski definition) is 8. The maximum Gasteiger partial charge on any atom is 0.416 e. The minimum Gasteiger partial charge on any atom is -0.497 e. The third-order valence-electron chi connectivity index (χ3n) is 5.95. The minimum atomic E-state index is -4.50. The second-order valence-electron chi connectivity index (χ2n) is 8.60. The molecule has 3 rings (SSSR count). The van der Waals surface area contributed by atoms with E-state index in [0.29, 0.717) is 11.3 Å². The number of nitrogens with zero attached hydrogens (tertiary/aromatic N) is 1. The number of esters is 1. The van der Waals surface area contributed by atoms with E-state index in [0.717, 1.165) is 16.4 Å². The summed E-state index contributed by atoms with van der Waals surface area (Å²) in [5, 5.41) is 9.45. The van der Waals surface area contributed by atoms with Crippen molar-refractivity contribution in [3.05, 3.63) is 84.1 Å². The molecule has 0 amide bonds. The summed E-state index contributed by atoms with van der Waals surface area (Å²) in [5.41, 5.74) is -0.323. The van der Waals surface area contributed by atoms with Crippen LogP contribution in [0, 0.1) is 0 Å². The molecule has 2 aromatic rings. The number of allylic oxidation sites excluding steroid dienone is 1. The van der Waals surface area contributed by atoms with Crippen LogP contribution in [0.5, 0.6) is 5.75 Å². The molecule has 9 nitrogen and oxygen atoms in total. The SMILES string of the molecule is C=CCOC(=O)C1=C[C@@H](c2ccc(C(F)(F)F)cc2)C[C@@H](OCCN(CCO)S(=O)(=O)c2ccc(OC)cc2)O1. The molecule has 0 unspecified atom stereocenters. The lowest BCUT2D eigenvalue weighted by Crippen LogP contribution is -2.37. The first-order valence-corrected chi connectivity index (χ1v) is 13.6. The lowest BCUT2D eigenvalue weighted by atomic mass is 9.92. The van der Waals surface area contributed by atoms with Crippen LogP contribution in [0.3, 0.4) is 0 Å². The molecule has 0 radical (unpaired) electrons. The van der Waals surface area contributed by atoms with Crippen molar-refractivity contribution in [2.45, 2.75) is 29.7 Å². The number of carbonyl (C=O) groups is 1. The first-order chi connectivity index (χ1) is 19.0. The van der Waals surface area contributed by atoms with Crippen molar-refractivity contribution in [3.8, 4) is 5.75 Å². The van der Waals surface area contributed by atoms with Gasteiger partial charge in [0.1, 0.15) is 12.4 Å². The van der Waals surface area contributed by atoms with Gasteiger partial charge in [0.25, 0.3) is 0 Å². The van der Waals surface area contributed by atoms with Gasteiger partial charge in [-0.15, -0.1) is 0 Å². The van der Waals surface area contributed by atoms with E-state index >= 15 is 0 Å². The van der Waals surface area contributed by atoms with Gasteiger partial charge >= 0.3 is 12.1 Å². The van der Waals surface area contributed by atoms with E-state index in [1.807, 2.05) is 0 Å². The fraction of sp³-hybridized carbons (Fsp3) is 0.370. The molecule has 2 aromatic carbocycles. The van der Waals surface area contributed by atoms with Crippen LogP contribution in [0.4, 0.5) is 13.2 Å². The topological polar surface area (TPSA) is 112 Å². The van der Waals surface area contributed by atoms with Crippen molar-refractivity contribution >= 4 is 16.0 Å². The number of hydrogen-bond donors (Lipinski definition) is 1. The summed E-state index contributed by atoms with van der Waals surface area (Å²) in [7, 11) is -2.53. The number of alkyl halides is 3. The van der Waals surface area contributed by atoms with E-state index < -0.39 is 46.5 Å². The largest absolute Gasteiger partial charge is 0.497 e. The molecular formula is C27H30F3NO8S. The van der Waals surface area contributed by atoms with Crippen LogP contribution in [0.2, 0.25) is 0 Å². The normalized spacial score (nSPS) is 17.6. The highest BCUT2D eigenvalue weighted by atomic mass is 32.2. The quantitative estimate of drug-likeness (QED) is 0.279. The highest BCUT2D eigenvalue weighted by Gasteiger charge is 2.33. The lowest BCUT2D eigenvalue weighted by molar-refractivity contribution is -0.160. The molecule has 1 aliphatic rings. The summed E-state index contributed by atoms with van der Waals surface area (Å²) in [6, 6.07) is 10.3. The number of halogens is 3. The highest BCUT2D eigenvalue weighted by molar-refractivity contribution is 7.89. The van der Waals surface area contributed by atoms with E-state index in [1.165, 1.54) is 55.7 Å². The Morgan fingerprint density at radius 3 is 2.40 bits per heavy atom. The molecule has 40 heavy (non-hydrogen) atoms. The van der Waals surface area contributed by atoms with E-state index in [1.54, 1.807) is 0 Å². The standard InChI is InChI=1S/C27H30F3NO8S/c1-3-15-38-26(33)24-17-20(19-4-6-21(7-5-19)27(28,29)30)18-25(39-24)37-16-13-31(12-14-32)40(34,35)23-10-8-22(36-2)9-11-23/h3-11,17,20,25,32H,1,12-16,18H2,2H3/t20-,25+/m1/s1. The van der Waals surface area contributed by atoms with Gasteiger partial charge in [-0.2, -0.15) is 17.5 Å². The fourth-order valence-corrected chi connectivity index (χ4v) is 5.32. The van der Waals surface area contributed by atoms with Gasteiger partial charge < -0.3 is 24.1 Å². The molecule has 13 heteroatoms. The summed E-state index contributed by atoms with van der Waals surface area (Å²) < 4.78 is 87.8. The summed E-state index contributed by atoms with van der Waals surface area (Å²) in [6.07, 6.45) is -2.60. The number of ether oxygens (including phenoxy) is 4. The van der Waals surface area contributed by atoms with Gasteiger partial charge in [0, 0.05) is 25.4 Å². The molecule has 0 spiro atoms. The predicted octanol–water partition coefficient (Wildman–Crippen LogP) is 3.86. The van der Waals surface area contributed by atoms with Gasteiger partial charge in [-0.05, 0) is 48.0 Å². The number of sulfonamides is 1. The van der Waals surface area contributed by atoms with E-state index in [2.05, 4.69) is 6.58 Å². The third-order valence-corrected chi connectivity index (χ3v) is 7.86. The number of rotatable bonds is 13. The van der Waals surface area contributed by atoms with Crippen molar-refractivity contribution in [3.63, 3.8) is 0 Å². The van der Waals surface area contributed by atoms with Crippen LogP contribution in [-0.4, -0.2) is 70.1 Å². The Morgan fingerprint density at radius 2 is 1.82 bits per heavy atom. The minimum absolute atomic E-state index is 0.00628. The van der Waals surface area contributed by atoms with Crippen molar-refractivity contribution in [2.75, 3.05) is 40.0 Å². The van der Waals surface area contributed by atoms with Gasteiger partial charge in [-0.25, -0.2) is 13.2 Å². The number of aliphatic hydroxyl groups is 1. The first kappa shape index (κ1) is 31.1. The molecular weight excluding hydrogens is 555 g/mol. The summed E-state index contributed by atoms with van der Waals surface area (Å²) in [5.74, 6) is -1.08. The maximum atomic E-state index is 13.1. The Labute approximate surface area is 230 Å². The van der Waals surface area contributed by atoms with Gasteiger partial charge in [-0.3, -0.25) is 0 Å². The van der Waals surface area contributed by atoms with Crippen LogP contribution in [-0.2, 0) is 35.2 Å². The number of methoxy groups -OCH3 is 1. The number of aliphatic hydroxyl groups excluding tert-OH is 1. The molecule has 1 N–H and O–H groups in total. The van der Waals surface area contributed by atoms with Crippen LogP contribution in [0.25, 0.3) is 0 Å². The van der Waals surface area contributed by atoms with Crippen LogP contribution < -0.4 is 4.74 Å².